The fraction of sp³-hybridized carbons (Fsp3) is 0.625. The molecule has 1 N–H and O–H groups in total. The SMILES string of the molecule is CCNC(CCCOCC)Cc1ccc(C)cc1. The Kier molecular flexibility index (Phi) is 7.70. The maximum atomic E-state index is 5.40. The lowest BCUT2D eigenvalue weighted by Crippen LogP contribution is -2.31. The summed E-state index contributed by atoms with van der Waals surface area (Å²) in [5.74, 6) is 0. The summed E-state index contributed by atoms with van der Waals surface area (Å²) in [6, 6.07) is 9.43. The van der Waals surface area contributed by atoms with Gasteiger partial charge >= 0.3 is 0 Å². The molecule has 0 aliphatic heterocycles. The molecule has 0 radical (unpaired) electrons. The molecule has 0 aliphatic rings. The van der Waals surface area contributed by atoms with Gasteiger partial charge in [-0.2, -0.15) is 0 Å². The van der Waals surface area contributed by atoms with Gasteiger partial charge in [-0.3, -0.25) is 0 Å². The molecule has 1 aromatic carbocycles. The Morgan fingerprint density at radius 2 is 1.89 bits per heavy atom. The van der Waals surface area contributed by atoms with Gasteiger partial charge in [-0.1, -0.05) is 36.8 Å². The summed E-state index contributed by atoms with van der Waals surface area (Å²) < 4.78 is 5.40. The third-order valence-corrected chi connectivity index (χ3v) is 3.14. The van der Waals surface area contributed by atoms with Crippen LogP contribution in [0.5, 0.6) is 0 Å². The first-order valence-corrected chi connectivity index (χ1v) is 7.13. The van der Waals surface area contributed by atoms with E-state index in [2.05, 4.69) is 43.4 Å². The highest BCUT2D eigenvalue weighted by Crippen LogP contribution is 2.09. The number of benzene rings is 1. The van der Waals surface area contributed by atoms with Gasteiger partial charge in [0.1, 0.15) is 0 Å². The Bertz CT molecular complexity index is 307. The predicted octanol–water partition coefficient (Wildman–Crippen LogP) is 3.33. The number of hydrogen-bond acceptors (Lipinski definition) is 2. The van der Waals surface area contributed by atoms with Crippen LogP contribution in [0.4, 0.5) is 0 Å². The zero-order valence-corrected chi connectivity index (χ0v) is 12.0. The Morgan fingerprint density at radius 1 is 1.17 bits per heavy atom. The molecular weight excluding hydrogens is 222 g/mol. The van der Waals surface area contributed by atoms with Crippen LogP contribution in [-0.4, -0.2) is 25.8 Å². The summed E-state index contributed by atoms with van der Waals surface area (Å²) in [6.07, 6.45) is 3.43. The van der Waals surface area contributed by atoms with E-state index in [1.54, 1.807) is 0 Å². The third kappa shape index (κ3) is 6.18. The highest BCUT2D eigenvalue weighted by Gasteiger charge is 2.08. The lowest BCUT2D eigenvalue weighted by atomic mass is 10.0. The molecule has 1 atom stereocenters. The molecule has 0 heterocycles. The quantitative estimate of drug-likeness (QED) is 0.678. The Hall–Kier alpha value is -0.860. The number of nitrogens with one attached hydrogen (secondary N) is 1. The molecule has 0 bridgehead atoms. The topological polar surface area (TPSA) is 21.3 Å². The van der Waals surface area contributed by atoms with Gasteiger partial charge in [-0.25, -0.2) is 0 Å². The molecule has 0 aromatic heterocycles. The van der Waals surface area contributed by atoms with E-state index < -0.39 is 0 Å². The number of likely N-dealkylation sites (N-methyl/N-ethyl adjacent to an activating group) is 1. The molecule has 18 heavy (non-hydrogen) atoms. The molecule has 0 fully saturated rings. The van der Waals surface area contributed by atoms with Crippen molar-refractivity contribution in [3.05, 3.63) is 35.4 Å². The summed E-state index contributed by atoms with van der Waals surface area (Å²) in [5, 5.41) is 3.57. The molecule has 0 saturated heterocycles. The van der Waals surface area contributed by atoms with Crippen molar-refractivity contribution < 1.29 is 4.74 Å². The van der Waals surface area contributed by atoms with Gasteiger partial charge in [0.25, 0.3) is 0 Å². The van der Waals surface area contributed by atoms with Crippen LogP contribution in [0.3, 0.4) is 0 Å². The minimum atomic E-state index is 0.568. The average Bonchev–Trinajstić information content (AvgIpc) is 2.37. The molecule has 1 rings (SSSR count). The fourth-order valence-corrected chi connectivity index (χ4v) is 2.15. The zero-order chi connectivity index (χ0) is 13.2. The molecule has 0 aliphatic carbocycles. The van der Waals surface area contributed by atoms with E-state index >= 15 is 0 Å². The van der Waals surface area contributed by atoms with Crippen LogP contribution in [0.1, 0.15) is 37.8 Å². The summed E-state index contributed by atoms with van der Waals surface area (Å²) in [5.41, 5.74) is 2.75. The fourth-order valence-electron chi connectivity index (χ4n) is 2.15. The summed E-state index contributed by atoms with van der Waals surface area (Å²) in [7, 11) is 0. The second kappa shape index (κ2) is 9.12. The summed E-state index contributed by atoms with van der Waals surface area (Å²) in [6.45, 7) is 9.09. The number of rotatable bonds is 9. The van der Waals surface area contributed by atoms with Crippen LogP contribution in [0.15, 0.2) is 24.3 Å². The van der Waals surface area contributed by atoms with E-state index in [1.807, 2.05) is 6.92 Å². The molecule has 2 nitrogen and oxygen atoms in total. The van der Waals surface area contributed by atoms with E-state index in [4.69, 9.17) is 4.74 Å². The van der Waals surface area contributed by atoms with Crippen molar-refractivity contribution in [1.29, 1.82) is 0 Å². The largest absolute Gasteiger partial charge is 0.382 e. The van der Waals surface area contributed by atoms with E-state index in [0.717, 1.165) is 32.6 Å². The van der Waals surface area contributed by atoms with Gasteiger partial charge in [0, 0.05) is 19.3 Å². The third-order valence-electron chi connectivity index (χ3n) is 3.14. The van der Waals surface area contributed by atoms with Gasteiger partial charge in [-0.05, 0) is 45.2 Å². The van der Waals surface area contributed by atoms with Crippen molar-refractivity contribution in [2.24, 2.45) is 0 Å². The molecular formula is C16H27NO. The monoisotopic (exact) mass is 249 g/mol. The van der Waals surface area contributed by atoms with Crippen LogP contribution in [0, 0.1) is 6.92 Å². The average molecular weight is 249 g/mol. The molecule has 1 unspecified atom stereocenters. The van der Waals surface area contributed by atoms with Crippen LogP contribution in [-0.2, 0) is 11.2 Å². The van der Waals surface area contributed by atoms with Crippen molar-refractivity contribution >= 4 is 0 Å². The predicted molar refractivity (Wildman–Crippen MR) is 78.1 cm³/mol. The van der Waals surface area contributed by atoms with Crippen LogP contribution in [0.2, 0.25) is 0 Å². The highest BCUT2D eigenvalue weighted by atomic mass is 16.5. The maximum absolute atomic E-state index is 5.40. The van der Waals surface area contributed by atoms with Gasteiger partial charge in [0.05, 0.1) is 0 Å². The van der Waals surface area contributed by atoms with Crippen LogP contribution in [0.25, 0.3) is 0 Å². The van der Waals surface area contributed by atoms with Crippen molar-refractivity contribution in [2.75, 3.05) is 19.8 Å². The first kappa shape index (κ1) is 15.2. The second-order valence-corrected chi connectivity index (χ2v) is 4.78. The van der Waals surface area contributed by atoms with Crippen LogP contribution < -0.4 is 5.32 Å². The lowest BCUT2D eigenvalue weighted by Gasteiger charge is -2.18. The van der Waals surface area contributed by atoms with Crippen molar-refractivity contribution in [3.63, 3.8) is 0 Å². The van der Waals surface area contributed by atoms with E-state index in [1.165, 1.54) is 17.5 Å². The normalized spacial score (nSPS) is 12.6. The Labute approximate surface area is 112 Å². The lowest BCUT2D eigenvalue weighted by molar-refractivity contribution is 0.141. The zero-order valence-electron chi connectivity index (χ0n) is 12.0. The molecule has 0 spiro atoms. The Morgan fingerprint density at radius 3 is 2.50 bits per heavy atom. The maximum Gasteiger partial charge on any atom is 0.0466 e. The molecule has 1 aromatic rings. The number of aryl methyl sites for hydroxylation is 1. The van der Waals surface area contributed by atoms with Gasteiger partial charge in [-0.15, -0.1) is 0 Å². The summed E-state index contributed by atoms with van der Waals surface area (Å²) >= 11 is 0. The Balaban J connectivity index is 2.38. The molecule has 0 saturated carbocycles. The van der Waals surface area contributed by atoms with Crippen LogP contribution >= 0.6 is 0 Å². The minimum Gasteiger partial charge on any atom is -0.382 e. The highest BCUT2D eigenvalue weighted by molar-refractivity contribution is 5.22. The smallest absolute Gasteiger partial charge is 0.0466 e. The minimum absolute atomic E-state index is 0.568. The number of ether oxygens (including phenoxy) is 1. The molecule has 0 amide bonds. The molecule has 2 heteroatoms. The second-order valence-electron chi connectivity index (χ2n) is 4.78. The van der Waals surface area contributed by atoms with Crippen molar-refractivity contribution in [3.8, 4) is 0 Å². The van der Waals surface area contributed by atoms with Gasteiger partial charge < -0.3 is 10.1 Å². The van der Waals surface area contributed by atoms with E-state index in [9.17, 15) is 0 Å². The summed E-state index contributed by atoms with van der Waals surface area (Å²) in [4.78, 5) is 0. The first-order chi connectivity index (χ1) is 8.76. The van der Waals surface area contributed by atoms with Crippen molar-refractivity contribution in [2.45, 2.75) is 46.1 Å². The van der Waals surface area contributed by atoms with Crippen molar-refractivity contribution in [1.82, 2.24) is 5.32 Å². The van der Waals surface area contributed by atoms with Gasteiger partial charge in [0.2, 0.25) is 0 Å². The standard InChI is InChI=1S/C16H27NO/c1-4-17-16(7-6-12-18-5-2)13-15-10-8-14(3)9-11-15/h8-11,16-17H,4-7,12-13H2,1-3H3. The van der Waals surface area contributed by atoms with E-state index in [-0.39, 0.29) is 0 Å². The van der Waals surface area contributed by atoms with E-state index in [0.29, 0.717) is 6.04 Å². The first-order valence-electron chi connectivity index (χ1n) is 7.13. The van der Waals surface area contributed by atoms with Gasteiger partial charge in [0.15, 0.2) is 0 Å². The number of hydrogen-bond donors (Lipinski definition) is 1. The molecule has 102 valence electrons.